The van der Waals surface area contributed by atoms with Gasteiger partial charge in [-0.05, 0) is 38.0 Å². The van der Waals surface area contributed by atoms with Crippen LogP contribution in [0.3, 0.4) is 0 Å². The Balaban J connectivity index is 1.90. The fraction of sp³-hybridized carbons (Fsp3) is 0.429. The average molecular weight is 297 g/mol. The molecule has 1 saturated heterocycles. The summed E-state index contributed by atoms with van der Waals surface area (Å²) >= 11 is 5.85. The molecule has 0 radical (unpaired) electrons. The fourth-order valence-electron chi connectivity index (χ4n) is 2.00. The molecule has 1 aromatic carbocycles. The summed E-state index contributed by atoms with van der Waals surface area (Å²) in [5.74, 6) is 0.0693. The Morgan fingerprint density at radius 2 is 2.35 bits per heavy atom. The van der Waals surface area contributed by atoms with Gasteiger partial charge >= 0.3 is 0 Å². The maximum atomic E-state index is 12.0. The number of hydrogen-bond donors (Lipinski definition) is 2. The summed E-state index contributed by atoms with van der Waals surface area (Å²) in [5.41, 5.74) is 0. The van der Waals surface area contributed by atoms with Crippen LogP contribution >= 0.6 is 11.6 Å². The Kier molecular flexibility index (Phi) is 4.84. The molecule has 1 aromatic rings. The monoisotopic (exact) mass is 296 g/mol. The van der Waals surface area contributed by atoms with Gasteiger partial charge in [0.2, 0.25) is 5.91 Å². The van der Waals surface area contributed by atoms with E-state index >= 15 is 0 Å². The summed E-state index contributed by atoms with van der Waals surface area (Å²) in [4.78, 5) is 23.6. The minimum absolute atomic E-state index is 0.139. The molecule has 5 nitrogen and oxygen atoms in total. The first-order valence-corrected chi connectivity index (χ1v) is 6.94. The van der Waals surface area contributed by atoms with Crippen LogP contribution in [-0.4, -0.2) is 30.5 Å². The lowest BCUT2D eigenvalue weighted by Crippen LogP contribution is -2.52. The van der Waals surface area contributed by atoms with Gasteiger partial charge in [0.15, 0.2) is 6.10 Å². The van der Waals surface area contributed by atoms with Crippen LogP contribution in [-0.2, 0) is 9.59 Å². The maximum Gasteiger partial charge on any atom is 0.261 e. The molecule has 2 rings (SSSR count). The molecular formula is C14H17ClN2O3. The molecule has 1 aliphatic rings. The zero-order chi connectivity index (χ0) is 14.5. The highest BCUT2D eigenvalue weighted by Crippen LogP contribution is 2.18. The second kappa shape index (κ2) is 6.61. The van der Waals surface area contributed by atoms with Crippen molar-refractivity contribution in [3.63, 3.8) is 0 Å². The third-order valence-electron chi connectivity index (χ3n) is 3.08. The van der Waals surface area contributed by atoms with E-state index < -0.39 is 12.1 Å². The Morgan fingerprint density at radius 1 is 1.55 bits per heavy atom. The smallest absolute Gasteiger partial charge is 0.261 e. The Morgan fingerprint density at radius 3 is 3.05 bits per heavy atom. The van der Waals surface area contributed by atoms with Crippen molar-refractivity contribution in [3.8, 4) is 5.75 Å². The number of halogens is 1. The molecule has 108 valence electrons. The van der Waals surface area contributed by atoms with Crippen LogP contribution in [0, 0.1) is 0 Å². The molecule has 0 spiro atoms. The summed E-state index contributed by atoms with van der Waals surface area (Å²) in [7, 11) is 0. The number of carbonyl (C=O) groups is 2. The van der Waals surface area contributed by atoms with Gasteiger partial charge in [0, 0.05) is 11.6 Å². The summed E-state index contributed by atoms with van der Waals surface area (Å²) in [6.07, 6.45) is 0.824. The Hall–Kier alpha value is -1.75. The van der Waals surface area contributed by atoms with E-state index in [0.717, 1.165) is 6.42 Å². The highest BCUT2D eigenvalue weighted by molar-refractivity contribution is 6.30. The second-order valence-corrected chi connectivity index (χ2v) is 5.15. The minimum Gasteiger partial charge on any atom is -0.481 e. The molecule has 20 heavy (non-hydrogen) atoms. The van der Waals surface area contributed by atoms with Crippen LogP contribution in [0.25, 0.3) is 0 Å². The minimum atomic E-state index is -0.691. The van der Waals surface area contributed by atoms with Crippen molar-refractivity contribution in [3.05, 3.63) is 29.3 Å². The van der Waals surface area contributed by atoms with Crippen LogP contribution in [0.1, 0.15) is 19.8 Å². The average Bonchev–Trinajstić information content (AvgIpc) is 2.41. The summed E-state index contributed by atoms with van der Waals surface area (Å²) in [6, 6.07) is 6.37. The highest BCUT2D eigenvalue weighted by Gasteiger charge is 2.26. The van der Waals surface area contributed by atoms with Gasteiger partial charge in [0.1, 0.15) is 11.8 Å². The van der Waals surface area contributed by atoms with Crippen molar-refractivity contribution in [2.45, 2.75) is 31.9 Å². The molecule has 1 heterocycles. The van der Waals surface area contributed by atoms with E-state index in [1.54, 1.807) is 31.2 Å². The molecule has 1 aliphatic heterocycles. The summed E-state index contributed by atoms with van der Waals surface area (Å²) in [6.45, 7) is 2.30. The number of piperidine rings is 1. The van der Waals surface area contributed by atoms with Gasteiger partial charge in [-0.25, -0.2) is 0 Å². The molecule has 0 aliphatic carbocycles. The molecule has 0 unspecified atom stereocenters. The van der Waals surface area contributed by atoms with Crippen LogP contribution in [0.2, 0.25) is 5.02 Å². The highest BCUT2D eigenvalue weighted by atomic mass is 35.5. The quantitative estimate of drug-likeness (QED) is 0.885. The Bertz CT molecular complexity index is 507. The van der Waals surface area contributed by atoms with Crippen molar-refractivity contribution in [2.75, 3.05) is 6.54 Å². The van der Waals surface area contributed by atoms with Crippen molar-refractivity contribution >= 4 is 23.4 Å². The number of rotatable bonds is 4. The maximum absolute atomic E-state index is 12.0. The standard InChI is InChI=1S/C14H17ClN2O3/c1-9(20-11-5-2-4-10(15)8-11)13(18)17-12-6-3-7-16-14(12)19/h2,4-5,8-9,12H,3,6-7H2,1H3,(H,16,19)(H,17,18)/t9-,12-/m1/s1. The molecule has 2 atom stereocenters. The third-order valence-corrected chi connectivity index (χ3v) is 3.32. The topological polar surface area (TPSA) is 67.4 Å². The number of benzene rings is 1. The predicted molar refractivity (Wildman–Crippen MR) is 75.7 cm³/mol. The molecular weight excluding hydrogens is 280 g/mol. The third kappa shape index (κ3) is 3.87. The van der Waals surface area contributed by atoms with Gasteiger partial charge in [-0.1, -0.05) is 17.7 Å². The first-order valence-electron chi connectivity index (χ1n) is 6.56. The Labute approximate surface area is 122 Å². The van der Waals surface area contributed by atoms with E-state index in [2.05, 4.69) is 10.6 Å². The van der Waals surface area contributed by atoms with Crippen molar-refractivity contribution in [1.82, 2.24) is 10.6 Å². The van der Waals surface area contributed by atoms with Crippen molar-refractivity contribution in [2.24, 2.45) is 0 Å². The van der Waals surface area contributed by atoms with Gasteiger partial charge in [0.05, 0.1) is 0 Å². The van der Waals surface area contributed by atoms with E-state index in [1.807, 2.05) is 0 Å². The van der Waals surface area contributed by atoms with E-state index in [1.165, 1.54) is 0 Å². The molecule has 0 aromatic heterocycles. The lowest BCUT2D eigenvalue weighted by molar-refractivity contribution is -0.133. The van der Waals surface area contributed by atoms with E-state index in [-0.39, 0.29) is 11.8 Å². The molecule has 0 saturated carbocycles. The van der Waals surface area contributed by atoms with Crippen LogP contribution in [0.4, 0.5) is 0 Å². The van der Waals surface area contributed by atoms with Crippen molar-refractivity contribution < 1.29 is 14.3 Å². The van der Waals surface area contributed by atoms with E-state index in [0.29, 0.717) is 23.7 Å². The molecule has 6 heteroatoms. The summed E-state index contributed by atoms with van der Waals surface area (Å²) < 4.78 is 5.51. The number of ether oxygens (including phenoxy) is 1. The van der Waals surface area contributed by atoms with Gasteiger partial charge in [-0.15, -0.1) is 0 Å². The molecule has 1 fully saturated rings. The zero-order valence-corrected chi connectivity index (χ0v) is 11.9. The first kappa shape index (κ1) is 14.7. The summed E-state index contributed by atoms with van der Waals surface area (Å²) in [5, 5.41) is 5.96. The molecule has 2 N–H and O–H groups in total. The zero-order valence-electron chi connectivity index (χ0n) is 11.2. The lowest BCUT2D eigenvalue weighted by atomic mass is 10.1. The van der Waals surface area contributed by atoms with Crippen LogP contribution in [0.15, 0.2) is 24.3 Å². The van der Waals surface area contributed by atoms with Crippen LogP contribution in [0.5, 0.6) is 5.75 Å². The molecule has 2 amide bonds. The normalized spacial score (nSPS) is 19.9. The second-order valence-electron chi connectivity index (χ2n) is 4.71. The predicted octanol–water partition coefficient (Wildman–Crippen LogP) is 1.50. The first-order chi connectivity index (χ1) is 9.56. The van der Waals surface area contributed by atoms with E-state index in [4.69, 9.17) is 16.3 Å². The van der Waals surface area contributed by atoms with Crippen LogP contribution < -0.4 is 15.4 Å². The largest absolute Gasteiger partial charge is 0.481 e. The number of carbonyl (C=O) groups excluding carboxylic acids is 2. The fourth-order valence-corrected chi connectivity index (χ4v) is 2.18. The van der Waals surface area contributed by atoms with Gasteiger partial charge in [-0.2, -0.15) is 0 Å². The molecule has 0 bridgehead atoms. The SMILES string of the molecule is C[C@@H](Oc1cccc(Cl)c1)C(=O)N[C@@H]1CCCNC1=O. The van der Waals surface area contributed by atoms with Gasteiger partial charge in [0.25, 0.3) is 5.91 Å². The number of amides is 2. The van der Waals surface area contributed by atoms with Crippen molar-refractivity contribution in [1.29, 1.82) is 0 Å². The van der Waals surface area contributed by atoms with Gasteiger partial charge < -0.3 is 15.4 Å². The van der Waals surface area contributed by atoms with Gasteiger partial charge in [-0.3, -0.25) is 9.59 Å². The number of hydrogen-bond acceptors (Lipinski definition) is 3. The number of nitrogens with one attached hydrogen (secondary N) is 2. The lowest BCUT2D eigenvalue weighted by Gasteiger charge is -2.24. The van der Waals surface area contributed by atoms with E-state index in [9.17, 15) is 9.59 Å².